The van der Waals surface area contributed by atoms with Gasteiger partial charge in [-0.15, -0.1) is 0 Å². The number of pyridine rings is 2. The molecule has 1 amide bonds. The average molecular weight is 378 g/mol. The highest BCUT2D eigenvalue weighted by molar-refractivity contribution is 5.89. The lowest BCUT2D eigenvalue weighted by atomic mass is 10.0. The van der Waals surface area contributed by atoms with Crippen LogP contribution >= 0.6 is 0 Å². The highest BCUT2D eigenvalue weighted by Gasteiger charge is 2.52. The highest BCUT2D eigenvalue weighted by atomic mass is 16.5. The summed E-state index contributed by atoms with van der Waals surface area (Å²) in [5.74, 6) is 2.11. The van der Waals surface area contributed by atoms with Crippen LogP contribution in [0.25, 0.3) is 0 Å². The normalized spacial score (nSPS) is 19.7. The van der Waals surface area contributed by atoms with Crippen LogP contribution in [-0.4, -0.2) is 28.5 Å². The van der Waals surface area contributed by atoms with Crippen molar-refractivity contribution < 1.29 is 9.53 Å². The minimum absolute atomic E-state index is 0.112. The van der Waals surface area contributed by atoms with Gasteiger partial charge in [-0.05, 0) is 57.1 Å². The van der Waals surface area contributed by atoms with Gasteiger partial charge in [-0.25, -0.2) is 4.98 Å². The van der Waals surface area contributed by atoms with E-state index >= 15 is 0 Å². The lowest BCUT2D eigenvalue weighted by Gasteiger charge is -2.21. The van der Waals surface area contributed by atoms with Gasteiger partial charge >= 0.3 is 0 Å². The monoisotopic (exact) mass is 378 g/mol. The summed E-state index contributed by atoms with van der Waals surface area (Å²) < 4.78 is 6.18. The smallest absolute Gasteiger partial charge is 0.222 e. The van der Waals surface area contributed by atoms with E-state index in [0.29, 0.717) is 11.9 Å². The lowest BCUT2D eigenvalue weighted by Crippen LogP contribution is -2.21. The van der Waals surface area contributed by atoms with E-state index in [1.54, 1.807) is 0 Å². The quantitative estimate of drug-likeness (QED) is 0.861. The first-order valence-corrected chi connectivity index (χ1v) is 10.2. The number of amides is 1. The number of carbonyl (C=O) groups is 1. The second-order valence-electron chi connectivity index (χ2n) is 8.50. The number of ether oxygens (including phenoxy) is 1. The molecule has 2 aromatic heterocycles. The zero-order valence-electron chi connectivity index (χ0n) is 16.5. The van der Waals surface area contributed by atoms with E-state index in [0.717, 1.165) is 42.3 Å². The summed E-state index contributed by atoms with van der Waals surface area (Å²) in [5, 5.41) is 2.80. The summed E-state index contributed by atoms with van der Waals surface area (Å²) in [6, 6.07) is 6.12. The number of hydrogen-bond donors (Lipinski definition) is 1. The Morgan fingerprint density at radius 3 is 2.75 bits per heavy atom. The Bertz CT molecular complexity index is 932. The maximum absolute atomic E-state index is 11.5. The number of aromatic nitrogens is 2. The molecule has 3 heterocycles. The van der Waals surface area contributed by atoms with Crippen molar-refractivity contribution in [1.29, 1.82) is 0 Å². The summed E-state index contributed by atoms with van der Waals surface area (Å²) in [4.78, 5) is 23.0. The summed E-state index contributed by atoms with van der Waals surface area (Å²) in [6.45, 7) is 4.50. The van der Waals surface area contributed by atoms with Crippen LogP contribution < -0.4 is 15.0 Å². The molecule has 0 aromatic carbocycles. The van der Waals surface area contributed by atoms with Crippen molar-refractivity contribution in [2.24, 2.45) is 0 Å². The first kappa shape index (κ1) is 17.5. The fourth-order valence-corrected chi connectivity index (χ4v) is 4.57. The fourth-order valence-electron chi connectivity index (χ4n) is 4.57. The SMILES string of the molecule is CC(=O)Nc1cc2c(cn1)C1(CC1)CN2c1cc(C)cc(OC2CCCC2)n1. The van der Waals surface area contributed by atoms with Crippen molar-refractivity contribution in [1.82, 2.24) is 9.97 Å². The summed E-state index contributed by atoms with van der Waals surface area (Å²) >= 11 is 0. The molecule has 1 aliphatic heterocycles. The number of aryl methyl sites for hydroxylation is 1. The summed E-state index contributed by atoms with van der Waals surface area (Å²) in [7, 11) is 0. The van der Waals surface area contributed by atoms with Crippen molar-refractivity contribution in [3.63, 3.8) is 0 Å². The molecule has 2 fully saturated rings. The fraction of sp³-hybridized carbons (Fsp3) is 0.500. The minimum Gasteiger partial charge on any atom is -0.474 e. The molecular formula is C22H26N4O2. The topological polar surface area (TPSA) is 67.4 Å². The molecule has 1 N–H and O–H groups in total. The van der Waals surface area contributed by atoms with Crippen LogP contribution in [0.2, 0.25) is 0 Å². The van der Waals surface area contributed by atoms with Crippen molar-refractivity contribution in [2.75, 3.05) is 16.8 Å². The summed E-state index contributed by atoms with van der Waals surface area (Å²) in [6.07, 6.45) is 9.29. The van der Waals surface area contributed by atoms with Crippen LogP contribution in [0.4, 0.5) is 17.3 Å². The molecule has 5 rings (SSSR count). The summed E-state index contributed by atoms with van der Waals surface area (Å²) in [5.41, 5.74) is 3.70. The van der Waals surface area contributed by atoms with E-state index in [1.165, 1.54) is 38.2 Å². The molecule has 0 radical (unpaired) electrons. The Kier molecular flexibility index (Phi) is 4.03. The third kappa shape index (κ3) is 3.11. The molecule has 146 valence electrons. The van der Waals surface area contributed by atoms with E-state index in [-0.39, 0.29) is 11.3 Å². The van der Waals surface area contributed by atoms with Crippen LogP contribution in [0.5, 0.6) is 5.88 Å². The van der Waals surface area contributed by atoms with E-state index in [4.69, 9.17) is 9.72 Å². The standard InChI is InChI=1S/C22H26N4O2/c1-14-9-20(25-21(10-14)28-16-5-3-4-6-16)26-13-22(7-8-22)17-12-23-19(11-18(17)26)24-15(2)27/h9-12,16H,3-8,13H2,1-2H3,(H,23,24,27). The Labute approximate surface area is 165 Å². The van der Waals surface area contributed by atoms with E-state index in [1.807, 2.05) is 18.3 Å². The van der Waals surface area contributed by atoms with Gasteiger partial charge < -0.3 is 15.0 Å². The number of fused-ring (bicyclic) bond motifs is 2. The highest BCUT2D eigenvalue weighted by Crippen LogP contribution is 2.58. The van der Waals surface area contributed by atoms with Crippen molar-refractivity contribution in [2.45, 2.75) is 63.9 Å². The number of anilines is 3. The second-order valence-corrected chi connectivity index (χ2v) is 8.50. The molecule has 0 bridgehead atoms. The molecular weight excluding hydrogens is 352 g/mol. The Hall–Kier alpha value is -2.63. The molecule has 0 atom stereocenters. The van der Waals surface area contributed by atoms with Gasteiger partial charge in [-0.1, -0.05) is 0 Å². The van der Waals surface area contributed by atoms with Crippen LogP contribution in [0.15, 0.2) is 24.4 Å². The van der Waals surface area contributed by atoms with Gasteiger partial charge in [0.1, 0.15) is 17.7 Å². The van der Waals surface area contributed by atoms with Gasteiger partial charge in [0, 0.05) is 42.8 Å². The Morgan fingerprint density at radius 2 is 2.04 bits per heavy atom. The Morgan fingerprint density at radius 1 is 1.25 bits per heavy atom. The van der Waals surface area contributed by atoms with Gasteiger partial charge in [0.25, 0.3) is 0 Å². The zero-order valence-corrected chi connectivity index (χ0v) is 16.5. The van der Waals surface area contributed by atoms with Crippen molar-refractivity contribution in [3.05, 3.63) is 35.5 Å². The molecule has 0 unspecified atom stereocenters. The predicted octanol–water partition coefficient (Wildman–Crippen LogP) is 4.25. The molecule has 2 aliphatic carbocycles. The van der Waals surface area contributed by atoms with E-state index < -0.39 is 0 Å². The van der Waals surface area contributed by atoms with Crippen LogP contribution in [0.1, 0.15) is 56.6 Å². The third-order valence-corrected chi connectivity index (χ3v) is 6.16. The molecule has 1 spiro atoms. The van der Waals surface area contributed by atoms with E-state index in [2.05, 4.69) is 28.2 Å². The van der Waals surface area contributed by atoms with Crippen LogP contribution in [0, 0.1) is 6.92 Å². The first-order chi connectivity index (χ1) is 13.5. The molecule has 2 aromatic rings. The molecule has 2 saturated carbocycles. The maximum atomic E-state index is 11.5. The minimum atomic E-state index is -0.112. The van der Waals surface area contributed by atoms with Gasteiger partial charge in [-0.3, -0.25) is 4.79 Å². The number of nitrogens with one attached hydrogen (secondary N) is 1. The molecule has 28 heavy (non-hydrogen) atoms. The van der Waals surface area contributed by atoms with E-state index in [9.17, 15) is 4.79 Å². The van der Waals surface area contributed by atoms with Crippen LogP contribution in [-0.2, 0) is 10.2 Å². The molecule has 0 saturated heterocycles. The third-order valence-electron chi connectivity index (χ3n) is 6.16. The number of hydrogen-bond acceptors (Lipinski definition) is 5. The number of carbonyl (C=O) groups excluding carboxylic acids is 1. The maximum Gasteiger partial charge on any atom is 0.222 e. The zero-order chi connectivity index (χ0) is 19.3. The van der Waals surface area contributed by atoms with Gasteiger partial charge in [-0.2, -0.15) is 4.98 Å². The van der Waals surface area contributed by atoms with Gasteiger partial charge in [0.15, 0.2) is 0 Å². The molecule has 6 nitrogen and oxygen atoms in total. The molecule has 6 heteroatoms. The van der Waals surface area contributed by atoms with Gasteiger partial charge in [0.2, 0.25) is 11.8 Å². The molecule has 3 aliphatic rings. The van der Waals surface area contributed by atoms with Gasteiger partial charge in [0.05, 0.1) is 5.69 Å². The van der Waals surface area contributed by atoms with Crippen LogP contribution in [0.3, 0.4) is 0 Å². The lowest BCUT2D eigenvalue weighted by molar-refractivity contribution is -0.114. The number of nitrogens with zero attached hydrogens (tertiary/aromatic N) is 3. The second kappa shape index (κ2) is 6.47. The van der Waals surface area contributed by atoms with Crippen molar-refractivity contribution in [3.8, 4) is 5.88 Å². The number of rotatable bonds is 4. The average Bonchev–Trinajstić information content (AvgIpc) is 3.10. The largest absolute Gasteiger partial charge is 0.474 e. The Balaban J connectivity index is 1.50. The first-order valence-electron chi connectivity index (χ1n) is 10.2. The van der Waals surface area contributed by atoms with Crippen molar-refractivity contribution >= 4 is 23.2 Å². The predicted molar refractivity (Wildman–Crippen MR) is 108 cm³/mol.